The molecule has 0 aliphatic carbocycles. The number of benzene rings is 1. The van der Waals surface area contributed by atoms with Crippen molar-refractivity contribution in [3.05, 3.63) is 27.2 Å². The molecule has 3 heteroatoms. The predicted molar refractivity (Wildman–Crippen MR) is 95.5 cm³/mol. The minimum Gasteiger partial charge on any atom is -0.496 e. The highest BCUT2D eigenvalue weighted by Gasteiger charge is 2.12. The maximum absolute atomic E-state index is 5.60. The highest BCUT2D eigenvalue weighted by Crippen LogP contribution is 2.33. The number of halogens is 1. The number of methoxy groups -OCH3 is 1. The molecule has 0 spiro atoms. The summed E-state index contributed by atoms with van der Waals surface area (Å²) in [6.07, 6.45) is 6.19. The quantitative estimate of drug-likeness (QED) is 0.616. The average molecular weight is 356 g/mol. The van der Waals surface area contributed by atoms with Gasteiger partial charge in [-0.05, 0) is 62.4 Å². The van der Waals surface area contributed by atoms with Gasteiger partial charge in [-0.2, -0.15) is 0 Å². The van der Waals surface area contributed by atoms with Gasteiger partial charge in [0.05, 0.1) is 7.11 Å². The average Bonchev–Trinajstić information content (AvgIpc) is 2.42. The molecule has 1 aromatic rings. The first-order valence-corrected chi connectivity index (χ1v) is 8.82. The van der Waals surface area contributed by atoms with Gasteiger partial charge in [0.25, 0.3) is 0 Å². The summed E-state index contributed by atoms with van der Waals surface area (Å²) >= 11 is 3.65. The van der Waals surface area contributed by atoms with Crippen molar-refractivity contribution < 1.29 is 4.74 Å². The van der Waals surface area contributed by atoms with Crippen molar-refractivity contribution in [2.24, 2.45) is 0 Å². The first-order chi connectivity index (χ1) is 9.97. The lowest BCUT2D eigenvalue weighted by Crippen LogP contribution is -2.23. The minimum absolute atomic E-state index is 0.599. The van der Waals surface area contributed by atoms with E-state index in [-0.39, 0.29) is 0 Å². The SMILES string of the molecule is COc1c(C)cc(Br)c(C)c1CCCCCCNC(C)C. The molecule has 0 saturated heterocycles. The maximum atomic E-state index is 5.60. The fourth-order valence-corrected chi connectivity index (χ4v) is 3.26. The van der Waals surface area contributed by atoms with Crippen molar-refractivity contribution in [1.82, 2.24) is 5.32 Å². The number of aryl methyl sites for hydroxylation is 1. The molecule has 0 amide bonds. The highest BCUT2D eigenvalue weighted by atomic mass is 79.9. The second kappa shape index (κ2) is 9.47. The van der Waals surface area contributed by atoms with Crippen LogP contribution in [0.3, 0.4) is 0 Å². The van der Waals surface area contributed by atoms with E-state index in [1.807, 2.05) is 0 Å². The lowest BCUT2D eigenvalue weighted by molar-refractivity contribution is 0.405. The maximum Gasteiger partial charge on any atom is 0.125 e. The lowest BCUT2D eigenvalue weighted by atomic mass is 9.98. The molecule has 0 unspecified atom stereocenters. The van der Waals surface area contributed by atoms with Crippen LogP contribution in [0.5, 0.6) is 5.75 Å². The third-order valence-corrected chi connectivity index (χ3v) is 4.72. The van der Waals surface area contributed by atoms with Crippen LogP contribution in [-0.4, -0.2) is 19.7 Å². The second-order valence-electron chi connectivity index (χ2n) is 6.09. The van der Waals surface area contributed by atoms with Gasteiger partial charge in [-0.15, -0.1) is 0 Å². The Morgan fingerprint density at radius 2 is 1.81 bits per heavy atom. The zero-order valence-electron chi connectivity index (χ0n) is 14.2. The van der Waals surface area contributed by atoms with Crippen LogP contribution in [0.2, 0.25) is 0 Å². The molecule has 0 saturated carbocycles. The molecule has 120 valence electrons. The number of nitrogens with one attached hydrogen (secondary N) is 1. The van der Waals surface area contributed by atoms with Crippen molar-refractivity contribution in [3.63, 3.8) is 0 Å². The Morgan fingerprint density at radius 1 is 1.14 bits per heavy atom. The van der Waals surface area contributed by atoms with Crippen LogP contribution in [0.1, 0.15) is 56.2 Å². The van der Waals surface area contributed by atoms with Gasteiger partial charge in [-0.25, -0.2) is 0 Å². The van der Waals surface area contributed by atoms with E-state index in [4.69, 9.17) is 4.74 Å². The Morgan fingerprint density at radius 3 is 2.43 bits per heavy atom. The van der Waals surface area contributed by atoms with Crippen LogP contribution in [0.4, 0.5) is 0 Å². The van der Waals surface area contributed by atoms with Crippen LogP contribution < -0.4 is 10.1 Å². The molecule has 0 aliphatic heterocycles. The largest absolute Gasteiger partial charge is 0.496 e. The van der Waals surface area contributed by atoms with Crippen molar-refractivity contribution >= 4 is 15.9 Å². The van der Waals surface area contributed by atoms with E-state index in [2.05, 4.69) is 55.0 Å². The van der Waals surface area contributed by atoms with Crippen molar-refractivity contribution in [2.45, 2.75) is 65.8 Å². The number of hydrogen-bond donors (Lipinski definition) is 1. The normalized spacial score (nSPS) is 11.2. The molecule has 0 radical (unpaired) electrons. The van der Waals surface area contributed by atoms with Gasteiger partial charge in [0.2, 0.25) is 0 Å². The van der Waals surface area contributed by atoms with Crippen LogP contribution in [-0.2, 0) is 6.42 Å². The Kier molecular flexibility index (Phi) is 8.35. The first kappa shape index (κ1) is 18.5. The zero-order valence-corrected chi connectivity index (χ0v) is 15.8. The summed E-state index contributed by atoms with van der Waals surface area (Å²) in [6, 6.07) is 2.75. The van der Waals surface area contributed by atoms with E-state index in [0.29, 0.717) is 6.04 Å². The summed E-state index contributed by atoms with van der Waals surface area (Å²) < 4.78 is 6.79. The van der Waals surface area contributed by atoms with Crippen molar-refractivity contribution in [2.75, 3.05) is 13.7 Å². The molecular formula is C18H30BrNO. The topological polar surface area (TPSA) is 21.3 Å². The summed E-state index contributed by atoms with van der Waals surface area (Å²) in [6.45, 7) is 9.82. The molecule has 1 N–H and O–H groups in total. The number of rotatable bonds is 9. The summed E-state index contributed by atoms with van der Waals surface area (Å²) in [4.78, 5) is 0. The van der Waals surface area contributed by atoms with E-state index in [0.717, 1.165) is 18.7 Å². The van der Waals surface area contributed by atoms with E-state index >= 15 is 0 Å². The summed E-state index contributed by atoms with van der Waals surface area (Å²) in [5, 5.41) is 3.47. The Labute approximate surface area is 138 Å². The summed E-state index contributed by atoms with van der Waals surface area (Å²) in [7, 11) is 1.77. The number of unbranched alkanes of at least 4 members (excludes halogenated alkanes) is 3. The van der Waals surface area contributed by atoms with Crippen LogP contribution in [0.25, 0.3) is 0 Å². The third kappa shape index (κ3) is 5.99. The number of ether oxygens (including phenoxy) is 1. The molecule has 2 nitrogen and oxygen atoms in total. The fraction of sp³-hybridized carbons (Fsp3) is 0.667. The zero-order chi connectivity index (χ0) is 15.8. The molecule has 0 fully saturated rings. The van der Waals surface area contributed by atoms with Crippen LogP contribution >= 0.6 is 15.9 Å². The van der Waals surface area contributed by atoms with Gasteiger partial charge < -0.3 is 10.1 Å². The van der Waals surface area contributed by atoms with Gasteiger partial charge in [-0.1, -0.05) is 42.6 Å². The van der Waals surface area contributed by atoms with Gasteiger partial charge in [-0.3, -0.25) is 0 Å². The molecule has 0 aromatic heterocycles. The summed E-state index contributed by atoms with van der Waals surface area (Å²) in [5.41, 5.74) is 3.90. The highest BCUT2D eigenvalue weighted by molar-refractivity contribution is 9.10. The standard InChI is InChI=1S/C18H30BrNO/c1-13(2)20-11-9-7-6-8-10-16-15(4)17(19)12-14(3)18(16)21-5/h12-13,20H,6-11H2,1-5H3. The summed E-state index contributed by atoms with van der Waals surface area (Å²) in [5.74, 6) is 1.07. The molecule has 0 atom stereocenters. The molecular weight excluding hydrogens is 326 g/mol. The van der Waals surface area contributed by atoms with Gasteiger partial charge in [0.1, 0.15) is 5.75 Å². The molecule has 0 bridgehead atoms. The fourth-order valence-electron chi connectivity index (χ4n) is 2.67. The van der Waals surface area contributed by atoms with Crippen molar-refractivity contribution in [3.8, 4) is 5.75 Å². The van der Waals surface area contributed by atoms with E-state index in [1.54, 1.807) is 7.11 Å². The van der Waals surface area contributed by atoms with Crippen LogP contribution in [0.15, 0.2) is 10.5 Å². The van der Waals surface area contributed by atoms with Gasteiger partial charge >= 0.3 is 0 Å². The third-order valence-electron chi connectivity index (χ3n) is 3.90. The Hall–Kier alpha value is -0.540. The lowest BCUT2D eigenvalue weighted by Gasteiger charge is -2.16. The monoisotopic (exact) mass is 355 g/mol. The first-order valence-electron chi connectivity index (χ1n) is 8.03. The second-order valence-corrected chi connectivity index (χ2v) is 6.94. The molecule has 1 rings (SSSR count). The Bertz CT molecular complexity index is 443. The van der Waals surface area contributed by atoms with Crippen molar-refractivity contribution in [1.29, 1.82) is 0 Å². The molecule has 21 heavy (non-hydrogen) atoms. The van der Waals surface area contributed by atoms with E-state index in [1.165, 1.54) is 46.8 Å². The smallest absolute Gasteiger partial charge is 0.125 e. The predicted octanol–water partition coefficient (Wildman–Crippen LogP) is 5.18. The Balaban J connectivity index is 2.45. The van der Waals surface area contributed by atoms with Gasteiger partial charge in [0, 0.05) is 10.5 Å². The minimum atomic E-state index is 0.599. The molecule has 1 aromatic carbocycles. The molecule has 0 heterocycles. The molecule has 0 aliphatic rings. The van der Waals surface area contributed by atoms with Gasteiger partial charge in [0.15, 0.2) is 0 Å². The number of hydrogen-bond acceptors (Lipinski definition) is 2. The van der Waals surface area contributed by atoms with E-state index < -0.39 is 0 Å². The van der Waals surface area contributed by atoms with Crippen LogP contribution in [0, 0.1) is 13.8 Å². The van der Waals surface area contributed by atoms with E-state index in [9.17, 15) is 0 Å².